The average molecular weight is 471 g/mol. The summed E-state index contributed by atoms with van der Waals surface area (Å²) in [5, 5.41) is 2.85. The SMILES string of the molecule is CC(C(=O)NCc1ccccc1OC1CCCC1)N1C(=O)c2ccc(Br)cc2C1=O. The molecule has 0 spiro atoms. The van der Waals surface area contributed by atoms with E-state index >= 15 is 0 Å². The van der Waals surface area contributed by atoms with Gasteiger partial charge in [0.25, 0.3) is 11.8 Å². The largest absolute Gasteiger partial charge is 0.490 e. The topological polar surface area (TPSA) is 75.7 Å². The lowest BCUT2D eigenvalue weighted by atomic mass is 10.1. The highest BCUT2D eigenvalue weighted by Gasteiger charge is 2.40. The lowest BCUT2D eigenvalue weighted by Crippen LogP contribution is -2.47. The Morgan fingerprint density at radius 1 is 1.13 bits per heavy atom. The first-order valence-electron chi connectivity index (χ1n) is 10.2. The van der Waals surface area contributed by atoms with Crippen molar-refractivity contribution in [2.45, 2.75) is 51.3 Å². The van der Waals surface area contributed by atoms with Crippen molar-refractivity contribution < 1.29 is 19.1 Å². The van der Waals surface area contributed by atoms with Crippen LogP contribution in [-0.2, 0) is 11.3 Å². The molecular formula is C23H23BrN2O4. The van der Waals surface area contributed by atoms with Crippen LogP contribution in [0.25, 0.3) is 0 Å². The molecule has 1 aliphatic heterocycles. The molecule has 1 unspecified atom stereocenters. The third kappa shape index (κ3) is 3.99. The Morgan fingerprint density at radius 3 is 2.60 bits per heavy atom. The molecule has 1 fully saturated rings. The van der Waals surface area contributed by atoms with E-state index in [4.69, 9.17) is 4.74 Å². The van der Waals surface area contributed by atoms with E-state index in [1.54, 1.807) is 25.1 Å². The fraction of sp³-hybridized carbons (Fsp3) is 0.348. The molecule has 1 heterocycles. The minimum Gasteiger partial charge on any atom is -0.490 e. The molecule has 0 bridgehead atoms. The van der Waals surface area contributed by atoms with E-state index in [1.165, 1.54) is 12.8 Å². The molecule has 1 atom stereocenters. The van der Waals surface area contributed by atoms with Crippen molar-refractivity contribution >= 4 is 33.7 Å². The standard InChI is InChI=1S/C23H23BrN2O4/c1-14(26-22(28)18-11-10-16(24)12-19(18)23(26)29)21(27)25-13-15-6-2-5-9-20(15)30-17-7-3-4-8-17/h2,5-6,9-12,14,17H,3-4,7-8,13H2,1H3,(H,25,27). The van der Waals surface area contributed by atoms with Gasteiger partial charge in [0.1, 0.15) is 11.8 Å². The highest BCUT2D eigenvalue weighted by Crippen LogP contribution is 2.28. The first-order valence-corrected chi connectivity index (χ1v) is 10.9. The van der Waals surface area contributed by atoms with Crippen LogP contribution in [0.4, 0.5) is 0 Å². The first kappa shape index (κ1) is 20.6. The van der Waals surface area contributed by atoms with Crippen molar-refractivity contribution in [2.24, 2.45) is 0 Å². The average Bonchev–Trinajstić information content (AvgIpc) is 3.33. The van der Waals surface area contributed by atoms with Gasteiger partial charge in [0, 0.05) is 16.6 Å². The molecule has 2 aliphatic rings. The molecular weight excluding hydrogens is 448 g/mol. The fourth-order valence-electron chi connectivity index (χ4n) is 3.98. The van der Waals surface area contributed by atoms with E-state index in [0.29, 0.717) is 15.6 Å². The van der Waals surface area contributed by atoms with Crippen molar-refractivity contribution in [3.05, 3.63) is 63.6 Å². The number of fused-ring (bicyclic) bond motifs is 1. The lowest BCUT2D eigenvalue weighted by molar-refractivity contribution is -0.124. The second-order valence-electron chi connectivity index (χ2n) is 7.70. The molecule has 3 amide bonds. The lowest BCUT2D eigenvalue weighted by Gasteiger charge is -2.22. The van der Waals surface area contributed by atoms with Crippen molar-refractivity contribution in [1.82, 2.24) is 10.2 Å². The van der Waals surface area contributed by atoms with Gasteiger partial charge in [-0.3, -0.25) is 19.3 Å². The summed E-state index contributed by atoms with van der Waals surface area (Å²) in [6, 6.07) is 11.6. The number of carbonyl (C=O) groups is 3. The number of carbonyl (C=O) groups excluding carboxylic acids is 3. The maximum absolute atomic E-state index is 12.8. The summed E-state index contributed by atoms with van der Waals surface area (Å²) in [5.41, 5.74) is 1.50. The van der Waals surface area contributed by atoms with Gasteiger partial charge in [-0.15, -0.1) is 0 Å². The Hall–Kier alpha value is -2.67. The van der Waals surface area contributed by atoms with Crippen LogP contribution in [0.3, 0.4) is 0 Å². The Balaban J connectivity index is 1.43. The minimum atomic E-state index is -0.918. The van der Waals surface area contributed by atoms with Crippen LogP contribution in [0.15, 0.2) is 46.9 Å². The second kappa shape index (κ2) is 8.60. The van der Waals surface area contributed by atoms with Gasteiger partial charge in [-0.05, 0) is 56.9 Å². The van der Waals surface area contributed by atoms with E-state index in [1.807, 2.05) is 24.3 Å². The zero-order valence-electron chi connectivity index (χ0n) is 16.7. The molecule has 1 saturated carbocycles. The number of ether oxygens (including phenoxy) is 1. The molecule has 0 radical (unpaired) electrons. The summed E-state index contributed by atoms with van der Waals surface area (Å²) in [6.07, 6.45) is 4.68. The molecule has 6 nitrogen and oxygen atoms in total. The van der Waals surface area contributed by atoms with E-state index in [-0.39, 0.29) is 18.6 Å². The Bertz CT molecular complexity index is 1000. The molecule has 0 aromatic heterocycles. The van der Waals surface area contributed by atoms with E-state index in [9.17, 15) is 14.4 Å². The van der Waals surface area contributed by atoms with Crippen LogP contribution in [0.5, 0.6) is 5.75 Å². The molecule has 2 aromatic rings. The summed E-state index contributed by atoms with van der Waals surface area (Å²) >= 11 is 3.31. The van der Waals surface area contributed by atoms with Crippen molar-refractivity contribution in [3.8, 4) is 5.75 Å². The van der Waals surface area contributed by atoms with Crippen molar-refractivity contribution in [3.63, 3.8) is 0 Å². The number of para-hydroxylation sites is 1. The van der Waals surface area contributed by atoms with Gasteiger partial charge < -0.3 is 10.1 Å². The highest BCUT2D eigenvalue weighted by molar-refractivity contribution is 9.10. The van der Waals surface area contributed by atoms with Crippen LogP contribution < -0.4 is 10.1 Å². The predicted octanol–water partition coefficient (Wildman–Crippen LogP) is 4.07. The zero-order chi connectivity index (χ0) is 21.3. The quantitative estimate of drug-likeness (QED) is 0.645. The van der Waals surface area contributed by atoms with E-state index < -0.39 is 17.9 Å². The normalized spacial score (nSPS) is 17.2. The van der Waals surface area contributed by atoms with Gasteiger partial charge in [-0.25, -0.2) is 0 Å². The fourth-order valence-corrected chi connectivity index (χ4v) is 4.34. The van der Waals surface area contributed by atoms with Gasteiger partial charge in [0.05, 0.1) is 17.2 Å². The van der Waals surface area contributed by atoms with Gasteiger partial charge in [-0.2, -0.15) is 0 Å². The van der Waals surface area contributed by atoms with E-state index in [0.717, 1.165) is 29.1 Å². The third-order valence-electron chi connectivity index (χ3n) is 5.67. The summed E-state index contributed by atoms with van der Waals surface area (Å²) in [6.45, 7) is 1.83. The molecule has 1 aliphatic carbocycles. The Morgan fingerprint density at radius 2 is 1.83 bits per heavy atom. The number of benzene rings is 2. The molecule has 2 aromatic carbocycles. The highest BCUT2D eigenvalue weighted by atomic mass is 79.9. The smallest absolute Gasteiger partial charge is 0.262 e. The maximum atomic E-state index is 12.8. The summed E-state index contributed by atoms with van der Waals surface area (Å²) < 4.78 is 6.82. The van der Waals surface area contributed by atoms with Gasteiger partial charge in [0.15, 0.2) is 0 Å². The van der Waals surface area contributed by atoms with Gasteiger partial charge in [0.2, 0.25) is 5.91 Å². The first-order chi connectivity index (χ1) is 14.5. The van der Waals surface area contributed by atoms with Crippen molar-refractivity contribution in [2.75, 3.05) is 0 Å². The number of imide groups is 1. The maximum Gasteiger partial charge on any atom is 0.262 e. The predicted molar refractivity (Wildman–Crippen MR) is 115 cm³/mol. The number of nitrogens with one attached hydrogen (secondary N) is 1. The summed E-state index contributed by atoms with van der Waals surface area (Å²) in [7, 11) is 0. The van der Waals surface area contributed by atoms with Crippen LogP contribution in [0.1, 0.15) is 58.9 Å². The third-order valence-corrected chi connectivity index (χ3v) is 6.16. The number of hydrogen-bond acceptors (Lipinski definition) is 4. The minimum absolute atomic E-state index is 0.221. The number of amides is 3. The number of hydrogen-bond donors (Lipinski definition) is 1. The summed E-state index contributed by atoms with van der Waals surface area (Å²) in [4.78, 5) is 39.2. The second-order valence-corrected chi connectivity index (χ2v) is 8.61. The van der Waals surface area contributed by atoms with Crippen LogP contribution in [-0.4, -0.2) is 34.8 Å². The van der Waals surface area contributed by atoms with Crippen molar-refractivity contribution in [1.29, 1.82) is 0 Å². The van der Waals surface area contributed by atoms with Gasteiger partial charge >= 0.3 is 0 Å². The molecule has 7 heteroatoms. The number of halogens is 1. The van der Waals surface area contributed by atoms with Crippen LogP contribution in [0.2, 0.25) is 0 Å². The Kier molecular flexibility index (Phi) is 5.90. The van der Waals surface area contributed by atoms with Crippen LogP contribution >= 0.6 is 15.9 Å². The van der Waals surface area contributed by atoms with E-state index in [2.05, 4.69) is 21.2 Å². The molecule has 1 N–H and O–H groups in total. The number of rotatable bonds is 6. The van der Waals surface area contributed by atoms with Gasteiger partial charge in [-0.1, -0.05) is 34.1 Å². The molecule has 30 heavy (non-hydrogen) atoms. The molecule has 156 valence electrons. The summed E-state index contributed by atoms with van der Waals surface area (Å²) in [5.74, 6) is -0.527. The van der Waals surface area contributed by atoms with Crippen LogP contribution in [0, 0.1) is 0 Å². The monoisotopic (exact) mass is 470 g/mol. The number of nitrogens with zero attached hydrogens (tertiary/aromatic N) is 1. The molecule has 0 saturated heterocycles. The molecule has 4 rings (SSSR count). The Labute approximate surface area is 183 Å². The zero-order valence-corrected chi connectivity index (χ0v) is 18.3.